The molecule has 0 bridgehead atoms. The maximum atomic E-state index is 10.4. The van der Waals surface area contributed by atoms with Gasteiger partial charge in [0.1, 0.15) is 0 Å². The fourth-order valence-electron chi connectivity index (χ4n) is 0.951. The van der Waals surface area contributed by atoms with E-state index < -0.39 is 5.97 Å². The summed E-state index contributed by atoms with van der Waals surface area (Å²) >= 11 is 0. The first-order valence-electron chi connectivity index (χ1n) is 7.01. The molecule has 1 aliphatic rings. The van der Waals surface area contributed by atoms with Crippen LogP contribution in [0.3, 0.4) is 0 Å². The van der Waals surface area contributed by atoms with Gasteiger partial charge in [0.15, 0.2) is 6.23 Å². The Morgan fingerprint density at radius 2 is 1.67 bits per heavy atom. The zero-order valence-electron chi connectivity index (χ0n) is 12.6. The van der Waals surface area contributed by atoms with E-state index in [1.165, 1.54) is 0 Å². The smallest absolute Gasteiger partial charge is 0.327 e. The molecule has 0 radical (unpaired) electrons. The number of aliphatic carboxylic acids is 1. The van der Waals surface area contributed by atoms with E-state index in [1.807, 2.05) is 0 Å². The normalized spacial score (nSPS) is 14.7. The number of unbranched alkanes of at least 4 members (excludes halogenated alkanes) is 3. The van der Waals surface area contributed by atoms with Crippen LogP contribution in [0.2, 0.25) is 0 Å². The van der Waals surface area contributed by atoms with Crippen molar-refractivity contribution in [2.45, 2.75) is 45.3 Å². The van der Waals surface area contributed by atoms with Crippen molar-refractivity contribution in [3.05, 3.63) is 12.7 Å². The predicted molar refractivity (Wildman–Crippen MR) is 78.6 cm³/mol. The molecule has 0 spiro atoms. The second kappa shape index (κ2) is 16.6. The number of carboxylic acid groups (broad SMARTS) is 1. The first-order valence-corrected chi connectivity index (χ1v) is 7.01. The van der Waals surface area contributed by atoms with Crippen LogP contribution in [-0.2, 0) is 14.3 Å². The Bertz CT molecular complexity index is 273. The monoisotopic (exact) mass is 305 g/mol. The molecule has 0 saturated carbocycles. The maximum Gasteiger partial charge on any atom is 0.327 e. The predicted octanol–water partition coefficient (Wildman–Crippen LogP) is 0.657. The zero-order valence-corrected chi connectivity index (χ0v) is 12.6. The van der Waals surface area contributed by atoms with Gasteiger partial charge in [-0.1, -0.05) is 26.3 Å². The molecule has 124 valence electrons. The Labute approximate surface area is 125 Å². The van der Waals surface area contributed by atoms with Crippen LogP contribution in [0.5, 0.6) is 0 Å². The number of hydrogen-bond acceptors (Lipinski definition) is 6. The van der Waals surface area contributed by atoms with Crippen LogP contribution in [0, 0.1) is 0 Å². The van der Waals surface area contributed by atoms with Crippen LogP contribution in [0.1, 0.15) is 39.0 Å². The molecule has 1 unspecified atom stereocenters. The minimum Gasteiger partial charge on any atom is -0.478 e. The van der Waals surface area contributed by atoms with Crippen molar-refractivity contribution in [1.29, 1.82) is 0 Å². The van der Waals surface area contributed by atoms with Crippen molar-refractivity contribution in [2.24, 2.45) is 0 Å². The van der Waals surface area contributed by atoms with E-state index in [1.54, 1.807) is 6.92 Å². The molecule has 0 aliphatic carbocycles. The lowest BCUT2D eigenvalue weighted by molar-refractivity contribution is -0.144. The highest BCUT2D eigenvalue weighted by molar-refractivity contribution is 5.78. The number of rotatable bonds is 8. The zero-order chi connectivity index (χ0) is 16.5. The van der Waals surface area contributed by atoms with Crippen molar-refractivity contribution in [2.75, 3.05) is 19.8 Å². The highest BCUT2D eigenvalue weighted by Crippen LogP contribution is 1.99. The summed E-state index contributed by atoms with van der Waals surface area (Å²) in [6.07, 6.45) is 5.16. The molecule has 1 saturated heterocycles. The molecule has 7 nitrogen and oxygen atoms in total. The van der Waals surface area contributed by atoms with Gasteiger partial charge in [-0.3, -0.25) is 10.1 Å². The Hall–Kier alpha value is -1.44. The average molecular weight is 305 g/mol. The van der Waals surface area contributed by atoms with E-state index >= 15 is 0 Å². The lowest BCUT2D eigenvalue weighted by Crippen LogP contribution is -2.06. The molecule has 0 aromatic heterocycles. The summed E-state index contributed by atoms with van der Waals surface area (Å²) in [5.74, 6) is -1.11. The van der Waals surface area contributed by atoms with E-state index in [0.29, 0.717) is 6.42 Å². The van der Waals surface area contributed by atoms with E-state index in [0.717, 1.165) is 38.3 Å². The summed E-state index contributed by atoms with van der Waals surface area (Å²) in [6, 6.07) is 0. The molecule has 4 N–H and O–H groups in total. The number of esters is 1. The van der Waals surface area contributed by atoms with E-state index in [-0.39, 0.29) is 25.4 Å². The second-order valence-corrected chi connectivity index (χ2v) is 4.14. The van der Waals surface area contributed by atoms with Crippen LogP contribution < -0.4 is 5.32 Å². The van der Waals surface area contributed by atoms with Gasteiger partial charge in [0.25, 0.3) is 0 Å². The molecule has 0 amide bonds. The largest absolute Gasteiger partial charge is 0.478 e. The maximum absolute atomic E-state index is 10.4. The third kappa shape index (κ3) is 24.0. The van der Waals surface area contributed by atoms with E-state index in [4.69, 9.17) is 20.1 Å². The summed E-state index contributed by atoms with van der Waals surface area (Å²) in [7, 11) is 0. The Morgan fingerprint density at radius 1 is 1.24 bits per heavy atom. The average Bonchev–Trinajstić information content (AvgIpc) is 3.29. The van der Waals surface area contributed by atoms with Gasteiger partial charge in [-0.05, 0) is 12.8 Å². The quantitative estimate of drug-likeness (QED) is 0.224. The third-order valence-corrected chi connectivity index (χ3v) is 2.17. The highest BCUT2D eigenvalue weighted by Gasteiger charge is 2.23. The van der Waals surface area contributed by atoms with Crippen molar-refractivity contribution in [3.8, 4) is 0 Å². The SMILES string of the molecule is C=CC(=O)O.CCC(=O)OC1CN1.OCCCCCCO. The number of carboxylic acids is 1. The molecule has 1 aliphatic heterocycles. The fourth-order valence-corrected chi connectivity index (χ4v) is 0.951. The van der Waals surface area contributed by atoms with Crippen molar-refractivity contribution in [1.82, 2.24) is 5.32 Å². The first kappa shape index (κ1) is 21.9. The molecule has 1 fully saturated rings. The van der Waals surface area contributed by atoms with Gasteiger partial charge in [-0.2, -0.15) is 0 Å². The molecule has 1 atom stereocenters. The number of aliphatic hydroxyl groups is 2. The Morgan fingerprint density at radius 3 is 1.90 bits per heavy atom. The number of aliphatic hydroxyl groups excluding tert-OH is 2. The molecule has 1 heterocycles. The van der Waals surface area contributed by atoms with Crippen LogP contribution >= 0.6 is 0 Å². The minimum absolute atomic E-state index is 0.0300. The molecule has 21 heavy (non-hydrogen) atoms. The van der Waals surface area contributed by atoms with Gasteiger partial charge in [0.05, 0.1) is 0 Å². The summed E-state index contributed by atoms with van der Waals surface area (Å²) in [5, 5.41) is 27.1. The van der Waals surface area contributed by atoms with Crippen LogP contribution in [-0.4, -0.2) is 53.2 Å². The summed E-state index contributed by atoms with van der Waals surface area (Å²) in [4.78, 5) is 19.6. The van der Waals surface area contributed by atoms with Crippen molar-refractivity contribution >= 4 is 11.9 Å². The summed E-state index contributed by atoms with van der Waals surface area (Å²) in [6.45, 7) is 6.13. The standard InChI is InChI=1S/C6H14O2.C5H9NO2.C3H4O2/c7-5-3-1-2-4-6-8;1-2-5(7)8-4-3-6-4;1-2-3(4)5/h7-8H,1-6H2;4,6H,2-3H2,1H3;2H,1H2,(H,4,5). The number of carbonyl (C=O) groups excluding carboxylic acids is 1. The lowest BCUT2D eigenvalue weighted by atomic mass is 10.2. The van der Waals surface area contributed by atoms with Gasteiger partial charge < -0.3 is 20.1 Å². The molecule has 0 aromatic carbocycles. The number of carbonyl (C=O) groups is 2. The number of hydrogen-bond donors (Lipinski definition) is 4. The van der Waals surface area contributed by atoms with E-state index in [2.05, 4.69) is 11.9 Å². The van der Waals surface area contributed by atoms with Crippen LogP contribution in [0.15, 0.2) is 12.7 Å². The fraction of sp³-hybridized carbons (Fsp3) is 0.714. The Kier molecular flexibility index (Phi) is 17.3. The molecule has 0 aromatic rings. The molecular formula is C14H27NO6. The molecule has 7 heteroatoms. The highest BCUT2D eigenvalue weighted by atomic mass is 16.6. The van der Waals surface area contributed by atoms with Gasteiger partial charge >= 0.3 is 11.9 Å². The lowest BCUT2D eigenvalue weighted by Gasteiger charge is -1.95. The van der Waals surface area contributed by atoms with Gasteiger partial charge in [0, 0.05) is 32.3 Å². The van der Waals surface area contributed by atoms with E-state index in [9.17, 15) is 9.59 Å². The third-order valence-electron chi connectivity index (χ3n) is 2.17. The molecule has 1 rings (SSSR count). The summed E-state index contributed by atoms with van der Waals surface area (Å²) < 4.78 is 4.76. The van der Waals surface area contributed by atoms with Crippen molar-refractivity contribution in [3.63, 3.8) is 0 Å². The van der Waals surface area contributed by atoms with Crippen molar-refractivity contribution < 1.29 is 29.6 Å². The summed E-state index contributed by atoms with van der Waals surface area (Å²) in [5.41, 5.74) is 0. The topological polar surface area (TPSA) is 126 Å². The van der Waals surface area contributed by atoms with Gasteiger partial charge in [-0.25, -0.2) is 4.79 Å². The minimum atomic E-state index is -0.981. The van der Waals surface area contributed by atoms with Gasteiger partial charge in [-0.15, -0.1) is 0 Å². The second-order valence-electron chi connectivity index (χ2n) is 4.14. The van der Waals surface area contributed by atoms with Gasteiger partial charge in [0.2, 0.25) is 0 Å². The number of nitrogens with one attached hydrogen (secondary N) is 1. The number of ether oxygens (including phenoxy) is 1. The van der Waals surface area contributed by atoms with Crippen LogP contribution in [0.25, 0.3) is 0 Å². The first-order chi connectivity index (χ1) is 10.0. The Balaban J connectivity index is 0. The van der Waals surface area contributed by atoms with Crippen LogP contribution in [0.4, 0.5) is 0 Å². The molecular weight excluding hydrogens is 278 g/mol.